The number of nitrogens with one attached hydrogen (secondary N) is 1. The maximum atomic E-state index is 12.1. The number of carbonyl (C=O) groups is 1. The van der Waals surface area contributed by atoms with Gasteiger partial charge in [-0.25, -0.2) is 0 Å². The normalized spacial score (nSPS) is 12.2. The topological polar surface area (TPSA) is 88.5 Å². The van der Waals surface area contributed by atoms with Crippen LogP contribution < -0.4 is 5.32 Å². The van der Waals surface area contributed by atoms with Crippen molar-refractivity contribution >= 4 is 17.2 Å². The van der Waals surface area contributed by atoms with Gasteiger partial charge in [-0.15, -0.1) is 11.3 Å². The Labute approximate surface area is 143 Å². The Hall–Kier alpha value is -2.38. The van der Waals surface area contributed by atoms with Crippen LogP contribution in [0.25, 0.3) is 11.5 Å². The van der Waals surface area contributed by atoms with E-state index in [1.807, 2.05) is 11.4 Å². The summed E-state index contributed by atoms with van der Waals surface area (Å²) < 4.78 is 10.3. The minimum Gasteiger partial charge on any atom is -0.461 e. The lowest BCUT2D eigenvalue weighted by Gasteiger charge is -2.14. The molecule has 7 heteroatoms. The fourth-order valence-electron chi connectivity index (χ4n) is 2.48. The van der Waals surface area contributed by atoms with Crippen molar-refractivity contribution in [2.24, 2.45) is 0 Å². The maximum absolute atomic E-state index is 12.1. The van der Waals surface area contributed by atoms with Crippen molar-refractivity contribution < 1.29 is 18.8 Å². The maximum Gasteiger partial charge on any atom is 0.273 e. The van der Waals surface area contributed by atoms with E-state index in [-0.39, 0.29) is 24.1 Å². The van der Waals surface area contributed by atoms with Crippen LogP contribution >= 0.6 is 11.3 Å². The molecule has 0 radical (unpaired) electrons. The molecule has 24 heavy (non-hydrogen) atoms. The molecule has 0 aliphatic carbocycles. The number of nitrogens with zero attached hydrogens (tertiary/aromatic N) is 1. The first-order valence-corrected chi connectivity index (χ1v) is 8.59. The zero-order valence-corrected chi connectivity index (χ0v) is 13.8. The zero-order valence-electron chi connectivity index (χ0n) is 13.0. The van der Waals surface area contributed by atoms with Crippen molar-refractivity contribution in [3.8, 4) is 11.5 Å². The van der Waals surface area contributed by atoms with Crippen molar-refractivity contribution in [2.75, 3.05) is 13.2 Å². The summed E-state index contributed by atoms with van der Waals surface area (Å²) >= 11 is 1.67. The Morgan fingerprint density at radius 1 is 1.29 bits per heavy atom. The van der Waals surface area contributed by atoms with Crippen LogP contribution in [0.15, 0.2) is 50.9 Å². The average molecular weight is 346 g/mol. The quantitative estimate of drug-likeness (QED) is 0.653. The molecular formula is C17H18N2O4S. The van der Waals surface area contributed by atoms with Gasteiger partial charge in [-0.05, 0) is 42.3 Å². The van der Waals surface area contributed by atoms with Gasteiger partial charge < -0.3 is 19.4 Å². The molecule has 1 unspecified atom stereocenters. The SMILES string of the molecule is O=C(NCCC(CCO)c1cccs1)c1cc(-c2ccco2)on1. The third kappa shape index (κ3) is 3.93. The number of furan rings is 1. The molecule has 0 saturated heterocycles. The van der Waals surface area contributed by atoms with E-state index in [9.17, 15) is 9.90 Å². The molecule has 0 aliphatic rings. The summed E-state index contributed by atoms with van der Waals surface area (Å²) in [4.78, 5) is 13.4. The van der Waals surface area contributed by atoms with E-state index < -0.39 is 0 Å². The molecule has 0 spiro atoms. The Morgan fingerprint density at radius 2 is 2.21 bits per heavy atom. The van der Waals surface area contributed by atoms with E-state index in [4.69, 9.17) is 8.94 Å². The molecule has 1 amide bonds. The van der Waals surface area contributed by atoms with Crippen LogP contribution in [0.4, 0.5) is 0 Å². The molecule has 0 aromatic carbocycles. The molecule has 0 fully saturated rings. The van der Waals surface area contributed by atoms with Gasteiger partial charge in [-0.3, -0.25) is 4.79 Å². The highest BCUT2D eigenvalue weighted by Gasteiger charge is 2.16. The van der Waals surface area contributed by atoms with Crippen LogP contribution in [-0.4, -0.2) is 29.3 Å². The standard InChI is InChI=1S/C17H18N2O4S/c20-8-6-12(16-4-2-10-24-16)5-7-18-17(21)13-11-15(23-19-13)14-3-1-9-22-14/h1-4,9-12,20H,5-8H2,(H,18,21). The summed E-state index contributed by atoms with van der Waals surface area (Å²) in [5.74, 6) is 0.904. The van der Waals surface area contributed by atoms with Crippen LogP contribution in [0.5, 0.6) is 0 Å². The van der Waals surface area contributed by atoms with Crippen LogP contribution in [0, 0.1) is 0 Å². The second-order valence-electron chi connectivity index (χ2n) is 5.32. The zero-order chi connectivity index (χ0) is 16.8. The number of hydrogen-bond donors (Lipinski definition) is 2. The lowest BCUT2D eigenvalue weighted by atomic mass is 10.00. The van der Waals surface area contributed by atoms with E-state index in [1.54, 1.807) is 29.5 Å². The summed E-state index contributed by atoms with van der Waals surface area (Å²) in [5, 5.41) is 17.8. The van der Waals surface area contributed by atoms with Crippen molar-refractivity contribution in [1.29, 1.82) is 0 Å². The first-order chi connectivity index (χ1) is 11.8. The molecule has 2 N–H and O–H groups in total. The highest BCUT2D eigenvalue weighted by atomic mass is 32.1. The van der Waals surface area contributed by atoms with E-state index in [0.29, 0.717) is 24.5 Å². The number of thiophene rings is 1. The molecule has 3 aromatic heterocycles. The van der Waals surface area contributed by atoms with Gasteiger partial charge in [0.2, 0.25) is 5.76 Å². The second-order valence-corrected chi connectivity index (χ2v) is 6.30. The minimum atomic E-state index is -0.287. The van der Waals surface area contributed by atoms with Crippen LogP contribution in [0.2, 0.25) is 0 Å². The van der Waals surface area contributed by atoms with E-state index in [2.05, 4.69) is 16.5 Å². The minimum absolute atomic E-state index is 0.131. The number of aliphatic hydroxyl groups excluding tert-OH is 1. The van der Waals surface area contributed by atoms with Gasteiger partial charge in [0.25, 0.3) is 5.91 Å². The summed E-state index contributed by atoms with van der Waals surface area (Å²) in [7, 11) is 0. The monoisotopic (exact) mass is 346 g/mol. The summed E-state index contributed by atoms with van der Waals surface area (Å²) in [5.41, 5.74) is 0.219. The number of aromatic nitrogens is 1. The van der Waals surface area contributed by atoms with Gasteiger partial charge in [-0.1, -0.05) is 11.2 Å². The Kier molecular flexibility index (Phi) is 5.45. The van der Waals surface area contributed by atoms with Gasteiger partial charge in [-0.2, -0.15) is 0 Å². The van der Waals surface area contributed by atoms with Crippen LogP contribution in [-0.2, 0) is 0 Å². The number of carbonyl (C=O) groups excluding carboxylic acids is 1. The van der Waals surface area contributed by atoms with E-state index >= 15 is 0 Å². The lowest BCUT2D eigenvalue weighted by Crippen LogP contribution is -2.26. The second kappa shape index (κ2) is 7.94. The third-order valence-corrected chi connectivity index (χ3v) is 4.74. The van der Waals surface area contributed by atoms with E-state index in [1.165, 1.54) is 11.1 Å². The summed E-state index contributed by atoms with van der Waals surface area (Å²) in [6, 6.07) is 9.08. The van der Waals surface area contributed by atoms with Crippen molar-refractivity contribution in [3.63, 3.8) is 0 Å². The summed E-state index contributed by atoms with van der Waals surface area (Å²) in [6.07, 6.45) is 2.97. The Bertz CT molecular complexity index is 750. The fourth-order valence-corrected chi connectivity index (χ4v) is 3.38. The molecule has 6 nitrogen and oxygen atoms in total. The molecule has 3 rings (SSSR count). The van der Waals surface area contributed by atoms with Crippen LogP contribution in [0.3, 0.4) is 0 Å². The van der Waals surface area contributed by atoms with Crippen molar-refractivity contribution in [1.82, 2.24) is 10.5 Å². The Morgan fingerprint density at radius 3 is 2.92 bits per heavy atom. The number of amides is 1. The highest BCUT2D eigenvalue weighted by Crippen LogP contribution is 2.27. The fraction of sp³-hybridized carbons (Fsp3) is 0.294. The largest absolute Gasteiger partial charge is 0.461 e. The smallest absolute Gasteiger partial charge is 0.273 e. The van der Waals surface area contributed by atoms with Gasteiger partial charge in [0, 0.05) is 24.1 Å². The van der Waals surface area contributed by atoms with Gasteiger partial charge in [0.15, 0.2) is 11.5 Å². The molecular weight excluding hydrogens is 328 g/mol. The van der Waals surface area contributed by atoms with Gasteiger partial charge >= 0.3 is 0 Å². The van der Waals surface area contributed by atoms with Crippen LogP contribution in [0.1, 0.15) is 34.1 Å². The predicted octanol–water partition coefficient (Wildman–Crippen LogP) is 3.28. The molecule has 3 aromatic rings. The first-order valence-electron chi connectivity index (χ1n) is 7.71. The average Bonchev–Trinajstić information content (AvgIpc) is 3.35. The lowest BCUT2D eigenvalue weighted by molar-refractivity contribution is 0.0943. The molecule has 0 bridgehead atoms. The molecule has 126 valence electrons. The number of rotatable bonds is 8. The number of aliphatic hydroxyl groups is 1. The van der Waals surface area contributed by atoms with Gasteiger partial charge in [0.1, 0.15) is 0 Å². The van der Waals surface area contributed by atoms with E-state index in [0.717, 1.165) is 6.42 Å². The van der Waals surface area contributed by atoms with Crippen molar-refractivity contribution in [3.05, 3.63) is 52.5 Å². The van der Waals surface area contributed by atoms with Crippen molar-refractivity contribution in [2.45, 2.75) is 18.8 Å². The summed E-state index contributed by atoms with van der Waals surface area (Å²) in [6.45, 7) is 0.636. The molecule has 0 saturated carbocycles. The molecule has 1 atom stereocenters. The van der Waals surface area contributed by atoms with Gasteiger partial charge in [0.05, 0.1) is 6.26 Å². The number of hydrogen-bond acceptors (Lipinski definition) is 6. The molecule has 0 aliphatic heterocycles. The highest BCUT2D eigenvalue weighted by molar-refractivity contribution is 7.10. The molecule has 3 heterocycles. The first kappa shape index (κ1) is 16.5. The Balaban J connectivity index is 1.53. The third-order valence-electron chi connectivity index (χ3n) is 3.71. The predicted molar refractivity (Wildman–Crippen MR) is 89.9 cm³/mol.